The molecule has 0 radical (unpaired) electrons. The summed E-state index contributed by atoms with van der Waals surface area (Å²) in [5, 5.41) is 0. The lowest BCUT2D eigenvalue weighted by Crippen LogP contribution is -2.15. The van der Waals surface area contributed by atoms with E-state index >= 15 is 0 Å². The molecule has 1 aromatic carbocycles. The second kappa shape index (κ2) is 5.76. The number of para-hydroxylation sites is 1. The van der Waals surface area contributed by atoms with E-state index in [-0.39, 0.29) is 12.1 Å². The van der Waals surface area contributed by atoms with E-state index in [0.717, 1.165) is 24.2 Å². The van der Waals surface area contributed by atoms with Gasteiger partial charge in [0.2, 0.25) is 0 Å². The molecule has 0 heterocycles. The molecule has 2 atom stereocenters. The van der Waals surface area contributed by atoms with Gasteiger partial charge in [0.05, 0.1) is 6.10 Å². The average molecular weight is 207 g/mol. The first-order valence-corrected chi connectivity index (χ1v) is 5.70. The van der Waals surface area contributed by atoms with Gasteiger partial charge in [0.1, 0.15) is 5.75 Å². The molecule has 1 rings (SSSR count). The van der Waals surface area contributed by atoms with Crippen LogP contribution in [0.4, 0.5) is 0 Å². The van der Waals surface area contributed by atoms with Crippen LogP contribution in [-0.4, -0.2) is 6.10 Å². The second-order valence-corrected chi connectivity index (χ2v) is 3.89. The van der Waals surface area contributed by atoms with Crippen molar-refractivity contribution in [2.24, 2.45) is 5.73 Å². The summed E-state index contributed by atoms with van der Waals surface area (Å²) < 4.78 is 5.84. The highest BCUT2D eigenvalue weighted by atomic mass is 16.5. The van der Waals surface area contributed by atoms with Gasteiger partial charge in [0.25, 0.3) is 0 Å². The fourth-order valence-corrected chi connectivity index (χ4v) is 1.41. The van der Waals surface area contributed by atoms with Crippen LogP contribution in [0.2, 0.25) is 0 Å². The summed E-state index contributed by atoms with van der Waals surface area (Å²) in [7, 11) is 0. The molecular formula is C13H21NO. The molecule has 0 aliphatic heterocycles. The van der Waals surface area contributed by atoms with Crippen molar-refractivity contribution < 1.29 is 4.74 Å². The first kappa shape index (κ1) is 12.1. The summed E-state index contributed by atoms with van der Waals surface area (Å²) in [5.74, 6) is 0.932. The zero-order valence-corrected chi connectivity index (χ0v) is 9.86. The molecule has 0 saturated heterocycles. The molecule has 0 fully saturated rings. The Balaban J connectivity index is 2.86. The summed E-state index contributed by atoms with van der Waals surface area (Å²) >= 11 is 0. The smallest absolute Gasteiger partial charge is 0.124 e. The lowest BCUT2D eigenvalue weighted by molar-refractivity contribution is 0.214. The molecule has 15 heavy (non-hydrogen) atoms. The van der Waals surface area contributed by atoms with Crippen LogP contribution in [0.15, 0.2) is 24.3 Å². The van der Waals surface area contributed by atoms with E-state index in [1.807, 2.05) is 24.3 Å². The van der Waals surface area contributed by atoms with Crippen molar-refractivity contribution in [1.82, 2.24) is 0 Å². The Morgan fingerprint density at radius 2 is 1.87 bits per heavy atom. The molecule has 2 heteroatoms. The average Bonchev–Trinajstić information content (AvgIpc) is 2.28. The maximum atomic E-state index is 6.03. The quantitative estimate of drug-likeness (QED) is 0.804. The van der Waals surface area contributed by atoms with Gasteiger partial charge in [-0.05, 0) is 25.8 Å². The van der Waals surface area contributed by atoms with Crippen molar-refractivity contribution in [3.63, 3.8) is 0 Å². The van der Waals surface area contributed by atoms with Gasteiger partial charge >= 0.3 is 0 Å². The number of rotatable bonds is 5. The minimum absolute atomic E-state index is 0.0743. The first-order chi connectivity index (χ1) is 7.19. The highest BCUT2D eigenvalue weighted by Crippen LogP contribution is 2.26. The predicted molar refractivity (Wildman–Crippen MR) is 64.0 cm³/mol. The Labute approximate surface area is 92.4 Å². The number of hydrogen-bond donors (Lipinski definition) is 1. The van der Waals surface area contributed by atoms with E-state index in [1.165, 1.54) is 0 Å². The van der Waals surface area contributed by atoms with Crippen LogP contribution in [0.5, 0.6) is 5.75 Å². The van der Waals surface area contributed by atoms with E-state index in [9.17, 15) is 0 Å². The maximum Gasteiger partial charge on any atom is 0.124 e. The zero-order valence-electron chi connectivity index (χ0n) is 9.86. The van der Waals surface area contributed by atoms with Gasteiger partial charge in [-0.3, -0.25) is 0 Å². The van der Waals surface area contributed by atoms with Crippen LogP contribution in [0.25, 0.3) is 0 Å². The number of benzene rings is 1. The summed E-state index contributed by atoms with van der Waals surface area (Å²) in [6.45, 7) is 6.28. The third-order valence-corrected chi connectivity index (χ3v) is 2.66. The monoisotopic (exact) mass is 207 g/mol. The normalized spacial score (nSPS) is 14.7. The molecule has 0 aromatic heterocycles. The van der Waals surface area contributed by atoms with Crippen LogP contribution < -0.4 is 10.5 Å². The number of hydrogen-bond acceptors (Lipinski definition) is 2. The van der Waals surface area contributed by atoms with Gasteiger partial charge in [-0.15, -0.1) is 0 Å². The Kier molecular flexibility index (Phi) is 4.63. The van der Waals surface area contributed by atoms with Gasteiger partial charge in [0.15, 0.2) is 0 Å². The van der Waals surface area contributed by atoms with Gasteiger partial charge in [-0.25, -0.2) is 0 Å². The fourth-order valence-electron chi connectivity index (χ4n) is 1.41. The lowest BCUT2D eigenvalue weighted by Gasteiger charge is -2.18. The van der Waals surface area contributed by atoms with Crippen molar-refractivity contribution in [2.45, 2.75) is 45.8 Å². The second-order valence-electron chi connectivity index (χ2n) is 3.89. The SMILES string of the molecule is CCC(C)Oc1ccccc1C(N)CC. The minimum Gasteiger partial charge on any atom is -0.490 e. The number of ether oxygens (including phenoxy) is 1. The van der Waals surface area contributed by atoms with Crippen LogP contribution in [0.3, 0.4) is 0 Å². The van der Waals surface area contributed by atoms with Gasteiger partial charge < -0.3 is 10.5 Å². The van der Waals surface area contributed by atoms with Crippen molar-refractivity contribution in [2.75, 3.05) is 0 Å². The molecule has 2 N–H and O–H groups in total. The van der Waals surface area contributed by atoms with Crippen LogP contribution in [-0.2, 0) is 0 Å². The molecule has 2 nitrogen and oxygen atoms in total. The van der Waals surface area contributed by atoms with E-state index in [1.54, 1.807) is 0 Å². The molecule has 2 unspecified atom stereocenters. The molecule has 0 saturated carbocycles. The van der Waals surface area contributed by atoms with E-state index in [4.69, 9.17) is 10.5 Å². The van der Waals surface area contributed by atoms with Gasteiger partial charge in [-0.2, -0.15) is 0 Å². The molecule has 1 aromatic rings. The Morgan fingerprint density at radius 1 is 1.20 bits per heavy atom. The Hall–Kier alpha value is -1.02. The summed E-state index contributed by atoms with van der Waals surface area (Å²) in [5.41, 5.74) is 7.14. The lowest BCUT2D eigenvalue weighted by atomic mass is 10.0. The fraction of sp³-hybridized carbons (Fsp3) is 0.538. The zero-order chi connectivity index (χ0) is 11.3. The van der Waals surface area contributed by atoms with E-state index < -0.39 is 0 Å². The van der Waals surface area contributed by atoms with Crippen LogP contribution in [0.1, 0.15) is 45.2 Å². The highest BCUT2D eigenvalue weighted by molar-refractivity contribution is 5.35. The molecule has 0 aliphatic carbocycles. The highest BCUT2D eigenvalue weighted by Gasteiger charge is 2.11. The largest absolute Gasteiger partial charge is 0.490 e. The standard InChI is InChI=1S/C13H21NO/c1-4-10(3)15-13-9-7-6-8-11(13)12(14)5-2/h6-10,12H,4-5,14H2,1-3H3. The molecule has 0 amide bonds. The predicted octanol–water partition coefficient (Wildman–Crippen LogP) is 3.27. The summed E-state index contributed by atoms with van der Waals surface area (Å²) in [6.07, 6.45) is 2.19. The van der Waals surface area contributed by atoms with Crippen LogP contribution in [0, 0.1) is 0 Å². The first-order valence-electron chi connectivity index (χ1n) is 5.70. The van der Waals surface area contributed by atoms with Crippen molar-refractivity contribution in [3.05, 3.63) is 29.8 Å². The van der Waals surface area contributed by atoms with E-state index in [2.05, 4.69) is 20.8 Å². The number of nitrogens with two attached hydrogens (primary N) is 1. The topological polar surface area (TPSA) is 35.2 Å². The third kappa shape index (κ3) is 3.24. The van der Waals surface area contributed by atoms with Crippen molar-refractivity contribution in [1.29, 1.82) is 0 Å². The van der Waals surface area contributed by atoms with Crippen molar-refractivity contribution >= 4 is 0 Å². The van der Waals surface area contributed by atoms with Gasteiger partial charge in [0, 0.05) is 11.6 Å². The minimum atomic E-state index is 0.0743. The molecular weight excluding hydrogens is 186 g/mol. The summed E-state index contributed by atoms with van der Waals surface area (Å²) in [4.78, 5) is 0. The summed E-state index contributed by atoms with van der Waals surface area (Å²) in [6, 6.07) is 8.12. The maximum absolute atomic E-state index is 6.03. The van der Waals surface area contributed by atoms with Gasteiger partial charge in [-0.1, -0.05) is 32.0 Å². The molecule has 0 bridgehead atoms. The molecule has 0 aliphatic rings. The molecule has 0 spiro atoms. The molecule has 84 valence electrons. The Bertz CT molecular complexity index is 298. The van der Waals surface area contributed by atoms with Crippen molar-refractivity contribution in [3.8, 4) is 5.75 Å². The Morgan fingerprint density at radius 3 is 2.47 bits per heavy atom. The van der Waals surface area contributed by atoms with E-state index in [0.29, 0.717) is 0 Å². The third-order valence-electron chi connectivity index (χ3n) is 2.66. The van der Waals surface area contributed by atoms with Crippen LogP contribution >= 0.6 is 0 Å².